The number of fused-ring (bicyclic) bond motifs is 1. The topological polar surface area (TPSA) is 118 Å². The van der Waals surface area contributed by atoms with Crippen molar-refractivity contribution in [2.45, 2.75) is 59.5 Å². The molecule has 1 aliphatic heterocycles. The van der Waals surface area contributed by atoms with Crippen molar-refractivity contribution in [3.05, 3.63) is 52.6 Å². The lowest BCUT2D eigenvalue weighted by Gasteiger charge is -2.27. The number of hydrogen-bond donors (Lipinski definition) is 3. The lowest BCUT2D eigenvalue weighted by Crippen LogP contribution is -2.51. The maximum absolute atomic E-state index is 13.5. The Morgan fingerprint density at radius 2 is 1.82 bits per heavy atom. The normalized spacial score (nSPS) is 14.2. The number of aryl methyl sites for hydroxylation is 1. The van der Waals surface area contributed by atoms with Gasteiger partial charge in [0.25, 0.3) is 17.6 Å². The number of hydrogen-bond acceptors (Lipinski definition) is 4. The van der Waals surface area contributed by atoms with Crippen molar-refractivity contribution < 1.29 is 28.7 Å². The molecule has 0 unspecified atom stereocenters. The van der Waals surface area contributed by atoms with Crippen molar-refractivity contribution >= 4 is 29.3 Å². The van der Waals surface area contributed by atoms with E-state index in [1.54, 1.807) is 32.3 Å². The minimum atomic E-state index is -1.26. The third-order valence-corrected chi connectivity index (χ3v) is 5.74. The Morgan fingerprint density at radius 3 is 2.42 bits per heavy atom. The fourth-order valence-electron chi connectivity index (χ4n) is 3.94. The molecule has 2 heterocycles. The summed E-state index contributed by atoms with van der Waals surface area (Å²) in [6, 6.07) is 4.33. The molecular weight excluding hydrogens is 429 g/mol. The molecule has 9 heteroatoms. The number of nitrogens with zero attached hydrogens (tertiary/aromatic N) is 1. The molecule has 0 bridgehead atoms. The number of nitrogens with one attached hydrogen (secondary N) is 2. The van der Waals surface area contributed by atoms with Crippen LogP contribution in [0.25, 0.3) is 0 Å². The molecule has 2 amide bonds. The summed E-state index contributed by atoms with van der Waals surface area (Å²) in [5, 5.41) is 14.5. The Balaban J connectivity index is 1.90. The molecule has 176 valence electrons. The van der Waals surface area contributed by atoms with Crippen LogP contribution in [0.3, 0.4) is 0 Å². The van der Waals surface area contributed by atoms with Crippen LogP contribution in [0.4, 0.5) is 10.1 Å². The van der Waals surface area contributed by atoms with E-state index in [2.05, 4.69) is 10.6 Å². The summed E-state index contributed by atoms with van der Waals surface area (Å²) in [6.45, 7) is 7.00. The van der Waals surface area contributed by atoms with E-state index in [1.807, 2.05) is 0 Å². The number of carbonyl (C=O) groups is 4. The molecule has 1 atom stereocenters. The number of aliphatic carboxylic acids is 1. The van der Waals surface area contributed by atoms with Crippen LogP contribution < -0.4 is 10.6 Å². The zero-order chi connectivity index (χ0) is 24.5. The summed E-state index contributed by atoms with van der Waals surface area (Å²) in [7, 11) is 0. The maximum atomic E-state index is 13.5. The number of amides is 2. The van der Waals surface area contributed by atoms with Gasteiger partial charge in [0, 0.05) is 17.9 Å². The maximum Gasteiger partial charge on any atom is 0.326 e. The number of halogens is 1. The number of carbonyl (C=O) groups excluding carboxylic acids is 3. The number of aromatic nitrogens is 1. The van der Waals surface area contributed by atoms with E-state index in [4.69, 9.17) is 0 Å². The molecule has 0 radical (unpaired) electrons. The SMILES string of the molecule is Cc1cc(NC(=O)c2cc(C(=O)C(=O)N[C@@H](C(=O)O)C(C)(C)C)n3c2CCCC3)ccc1F. The second-order valence-electron chi connectivity index (χ2n) is 9.36. The van der Waals surface area contributed by atoms with Gasteiger partial charge in [0.05, 0.1) is 11.3 Å². The summed E-state index contributed by atoms with van der Waals surface area (Å²) >= 11 is 0. The molecule has 1 aromatic heterocycles. The van der Waals surface area contributed by atoms with E-state index in [9.17, 15) is 28.7 Å². The summed E-state index contributed by atoms with van der Waals surface area (Å²) in [5.74, 6) is -4.03. The second-order valence-corrected chi connectivity index (χ2v) is 9.36. The molecular formula is C24H28FN3O5. The zero-order valence-corrected chi connectivity index (χ0v) is 19.1. The smallest absolute Gasteiger partial charge is 0.326 e. The Morgan fingerprint density at radius 1 is 1.12 bits per heavy atom. The minimum Gasteiger partial charge on any atom is -0.480 e. The standard InChI is InChI=1S/C24H28FN3O5/c1-13-11-14(8-9-16(13)25)26-21(30)15-12-18(28-10-6-5-7-17(15)28)19(29)22(31)27-20(23(32)33)24(2,3)4/h8-9,11-12,20H,5-7,10H2,1-4H3,(H,26,30)(H,27,31)(H,32,33)/t20-/m0/s1. The third kappa shape index (κ3) is 5.13. The molecule has 3 rings (SSSR count). The molecule has 0 saturated carbocycles. The molecule has 1 aromatic carbocycles. The number of carboxylic acid groups (broad SMARTS) is 1. The average Bonchev–Trinajstić information content (AvgIpc) is 3.12. The van der Waals surface area contributed by atoms with Crippen molar-refractivity contribution in [2.75, 3.05) is 5.32 Å². The fourth-order valence-corrected chi connectivity index (χ4v) is 3.94. The van der Waals surface area contributed by atoms with Gasteiger partial charge in [0.1, 0.15) is 11.9 Å². The third-order valence-electron chi connectivity index (χ3n) is 5.74. The molecule has 1 aliphatic rings. The van der Waals surface area contributed by atoms with Gasteiger partial charge in [0.15, 0.2) is 0 Å². The first kappa shape index (κ1) is 24.2. The molecule has 8 nitrogen and oxygen atoms in total. The van der Waals surface area contributed by atoms with Gasteiger partial charge >= 0.3 is 5.97 Å². The second kappa shape index (κ2) is 9.17. The lowest BCUT2D eigenvalue weighted by atomic mass is 9.86. The van der Waals surface area contributed by atoms with Crippen LogP contribution in [0, 0.1) is 18.2 Å². The van der Waals surface area contributed by atoms with Gasteiger partial charge in [-0.25, -0.2) is 9.18 Å². The van der Waals surface area contributed by atoms with Gasteiger partial charge in [-0.15, -0.1) is 0 Å². The highest BCUT2D eigenvalue weighted by Gasteiger charge is 2.36. The monoisotopic (exact) mass is 457 g/mol. The van der Waals surface area contributed by atoms with Crippen LogP contribution >= 0.6 is 0 Å². The Kier molecular flexibility index (Phi) is 6.71. The van der Waals surface area contributed by atoms with E-state index in [0.717, 1.165) is 12.8 Å². The largest absolute Gasteiger partial charge is 0.480 e. The van der Waals surface area contributed by atoms with Crippen LogP contribution in [-0.2, 0) is 22.6 Å². The molecule has 3 N–H and O–H groups in total. The van der Waals surface area contributed by atoms with Crippen molar-refractivity contribution in [3.63, 3.8) is 0 Å². The van der Waals surface area contributed by atoms with Gasteiger partial charge in [-0.05, 0) is 61.4 Å². The van der Waals surface area contributed by atoms with E-state index in [0.29, 0.717) is 29.9 Å². The number of rotatable bonds is 6. The van der Waals surface area contributed by atoms with Gasteiger partial charge < -0.3 is 20.3 Å². The summed E-state index contributed by atoms with van der Waals surface area (Å²) in [5.41, 5.74) is 0.929. The van der Waals surface area contributed by atoms with Crippen LogP contribution in [0.1, 0.15) is 65.7 Å². The van der Waals surface area contributed by atoms with Crippen LogP contribution in [0.5, 0.6) is 0 Å². The summed E-state index contributed by atoms with van der Waals surface area (Å²) in [4.78, 5) is 50.2. The van der Waals surface area contributed by atoms with Crippen LogP contribution in [0.2, 0.25) is 0 Å². The number of carboxylic acids is 1. The van der Waals surface area contributed by atoms with Crippen molar-refractivity contribution in [1.82, 2.24) is 9.88 Å². The molecule has 2 aromatic rings. The van der Waals surface area contributed by atoms with Crippen molar-refractivity contribution in [3.8, 4) is 0 Å². The molecule has 0 saturated heterocycles. The minimum absolute atomic E-state index is 0.0423. The summed E-state index contributed by atoms with van der Waals surface area (Å²) in [6.07, 6.45) is 2.16. The van der Waals surface area contributed by atoms with Crippen molar-refractivity contribution in [2.24, 2.45) is 5.41 Å². The Labute approximate surface area is 191 Å². The average molecular weight is 458 g/mol. The highest BCUT2D eigenvalue weighted by molar-refractivity contribution is 6.43. The molecule has 0 aliphatic carbocycles. The van der Waals surface area contributed by atoms with Crippen LogP contribution in [-0.4, -0.2) is 39.3 Å². The van der Waals surface area contributed by atoms with Gasteiger partial charge in [-0.2, -0.15) is 0 Å². The van der Waals surface area contributed by atoms with Crippen LogP contribution in [0.15, 0.2) is 24.3 Å². The predicted octanol–water partition coefficient (Wildman–Crippen LogP) is 3.32. The number of Topliss-reactive ketones (excluding diaryl/α,β-unsaturated/α-hetero) is 1. The van der Waals surface area contributed by atoms with E-state index in [-0.39, 0.29) is 17.1 Å². The lowest BCUT2D eigenvalue weighted by molar-refractivity contribution is -0.144. The molecule has 33 heavy (non-hydrogen) atoms. The van der Waals surface area contributed by atoms with Gasteiger partial charge in [0.2, 0.25) is 0 Å². The highest BCUT2D eigenvalue weighted by Crippen LogP contribution is 2.26. The van der Waals surface area contributed by atoms with Gasteiger partial charge in [-0.3, -0.25) is 14.4 Å². The Bertz CT molecular complexity index is 1130. The van der Waals surface area contributed by atoms with Crippen molar-refractivity contribution in [1.29, 1.82) is 0 Å². The zero-order valence-electron chi connectivity index (χ0n) is 19.1. The number of anilines is 1. The first-order chi connectivity index (χ1) is 15.4. The van der Waals surface area contributed by atoms with E-state index >= 15 is 0 Å². The highest BCUT2D eigenvalue weighted by atomic mass is 19.1. The first-order valence-corrected chi connectivity index (χ1v) is 10.8. The first-order valence-electron chi connectivity index (χ1n) is 10.8. The molecule has 0 spiro atoms. The quantitative estimate of drug-likeness (QED) is 0.454. The number of benzene rings is 1. The van der Waals surface area contributed by atoms with E-state index in [1.165, 1.54) is 24.3 Å². The summed E-state index contributed by atoms with van der Waals surface area (Å²) < 4.78 is 15.2. The molecule has 0 fully saturated rings. The van der Waals surface area contributed by atoms with Gasteiger partial charge in [-0.1, -0.05) is 20.8 Å². The van der Waals surface area contributed by atoms with E-state index < -0.39 is 35.0 Å². The predicted molar refractivity (Wildman–Crippen MR) is 120 cm³/mol. The fraction of sp³-hybridized carbons (Fsp3) is 0.417. The Hall–Kier alpha value is -3.49. The number of ketones is 1.